The van der Waals surface area contributed by atoms with Crippen LogP contribution in [0.1, 0.15) is 18.4 Å². The molecule has 4 rings (SSSR count). The van der Waals surface area contributed by atoms with Crippen molar-refractivity contribution in [2.75, 3.05) is 13.2 Å². The van der Waals surface area contributed by atoms with E-state index in [4.69, 9.17) is 21.1 Å². The van der Waals surface area contributed by atoms with Gasteiger partial charge >= 0.3 is 0 Å². The van der Waals surface area contributed by atoms with Crippen LogP contribution in [-0.2, 0) is 11.3 Å². The van der Waals surface area contributed by atoms with Gasteiger partial charge in [-0.2, -0.15) is 0 Å². The number of fused-ring (bicyclic) bond motifs is 1. The Morgan fingerprint density at radius 2 is 2.12 bits per heavy atom. The van der Waals surface area contributed by atoms with E-state index in [1.165, 1.54) is 6.33 Å². The lowest BCUT2D eigenvalue weighted by Gasteiger charge is -2.11. The molecule has 0 radical (unpaired) electrons. The second-order valence-electron chi connectivity index (χ2n) is 6.09. The normalized spacial score (nSPS) is 17.2. The van der Waals surface area contributed by atoms with Gasteiger partial charge in [-0.1, -0.05) is 23.7 Å². The Bertz CT molecular complexity index is 873. The van der Waals surface area contributed by atoms with E-state index >= 15 is 0 Å². The van der Waals surface area contributed by atoms with Crippen LogP contribution in [0, 0.1) is 0 Å². The highest BCUT2D eigenvalue weighted by molar-refractivity contribution is 6.30. The first kappa shape index (κ1) is 16.2. The highest BCUT2D eigenvalue weighted by atomic mass is 35.5. The van der Waals surface area contributed by atoms with E-state index < -0.39 is 0 Å². The Balaban J connectivity index is 1.60. The van der Waals surface area contributed by atoms with Gasteiger partial charge in [0.15, 0.2) is 0 Å². The zero-order chi connectivity index (χ0) is 17.2. The van der Waals surface area contributed by atoms with Gasteiger partial charge in [-0.25, -0.2) is 9.97 Å². The first-order chi connectivity index (χ1) is 12.2. The second-order valence-corrected chi connectivity index (χ2v) is 6.53. The van der Waals surface area contributed by atoms with Gasteiger partial charge in [0.1, 0.15) is 18.3 Å². The molecule has 1 saturated heterocycles. The van der Waals surface area contributed by atoms with Crippen molar-refractivity contribution in [1.82, 2.24) is 14.5 Å². The fraction of sp³-hybridized carbons (Fsp3) is 0.333. The van der Waals surface area contributed by atoms with Crippen LogP contribution >= 0.6 is 11.6 Å². The fourth-order valence-electron chi connectivity index (χ4n) is 3.01. The van der Waals surface area contributed by atoms with E-state index in [0.717, 1.165) is 25.0 Å². The summed E-state index contributed by atoms with van der Waals surface area (Å²) in [6, 6.07) is 7.50. The first-order valence-electron chi connectivity index (χ1n) is 8.22. The lowest BCUT2D eigenvalue weighted by Crippen LogP contribution is -2.16. The molecule has 7 heteroatoms. The number of halogens is 1. The summed E-state index contributed by atoms with van der Waals surface area (Å²) in [5.41, 5.74) is 1.67. The predicted octanol–water partition coefficient (Wildman–Crippen LogP) is 3.40. The highest BCUT2D eigenvalue weighted by Gasteiger charge is 2.20. The standard InChI is InChI=1S/C18H18ClN3O3/c19-13-5-3-12(4-6-13)8-22-9-15-16(18(22)23)17(21-11-20-15)25-10-14-2-1-7-24-14/h3-6,9,11,14,23H,1-2,7-8,10H2. The zero-order valence-electron chi connectivity index (χ0n) is 13.6. The average molecular weight is 360 g/mol. The maximum Gasteiger partial charge on any atom is 0.230 e. The van der Waals surface area contributed by atoms with Crippen molar-refractivity contribution in [2.45, 2.75) is 25.5 Å². The fourth-order valence-corrected chi connectivity index (χ4v) is 3.13. The molecular formula is C18H18ClN3O3. The Morgan fingerprint density at radius 3 is 2.88 bits per heavy atom. The van der Waals surface area contributed by atoms with E-state index in [0.29, 0.717) is 35.0 Å². The van der Waals surface area contributed by atoms with Gasteiger partial charge in [0.25, 0.3) is 0 Å². The molecule has 130 valence electrons. The quantitative estimate of drug-likeness (QED) is 0.756. The van der Waals surface area contributed by atoms with Gasteiger partial charge in [0.2, 0.25) is 11.8 Å². The van der Waals surface area contributed by atoms with Crippen LogP contribution in [0.3, 0.4) is 0 Å². The number of aromatic nitrogens is 3. The largest absolute Gasteiger partial charge is 0.494 e. The molecule has 1 unspecified atom stereocenters. The van der Waals surface area contributed by atoms with Crippen LogP contribution in [0.5, 0.6) is 11.8 Å². The molecule has 1 aromatic carbocycles. The number of hydrogen-bond acceptors (Lipinski definition) is 5. The van der Waals surface area contributed by atoms with E-state index in [9.17, 15) is 5.11 Å². The Kier molecular flexibility index (Phi) is 4.46. The monoisotopic (exact) mass is 359 g/mol. The Hall–Kier alpha value is -2.31. The molecule has 0 spiro atoms. The summed E-state index contributed by atoms with van der Waals surface area (Å²) >= 11 is 5.92. The van der Waals surface area contributed by atoms with Crippen LogP contribution in [0.15, 0.2) is 36.8 Å². The summed E-state index contributed by atoms with van der Waals surface area (Å²) in [6.07, 6.45) is 5.36. The Morgan fingerprint density at radius 1 is 1.28 bits per heavy atom. The van der Waals surface area contributed by atoms with Crippen LogP contribution in [0.4, 0.5) is 0 Å². The summed E-state index contributed by atoms with van der Waals surface area (Å²) in [6.45, 7) is 1.70. The maximum atomic E-state index is 10.6. The van der Waals surface area contributed by atoms with Crippen molar-refractivity contribution in [3.05, 3.63) is 47.4 Å². The van der Waals surface area contributed by atoms with E-state index in [2.05, 4.69) is 9.97 Å². The third kappa shape index (κ3) is 3.41. The lowest BCUT2D eigenvalue weighted by molar-refractivity contribution is 0.0668. The average Bonchev–Trinajstić information content (AvgIpc) is 3.24. The molecule has 3 heterocycles. The molecule has 1 aliphatic heterocycles. The van der Waals surface area contributed by atoms with Gasteiger partial charge in [-0.3, -0.25) is 0 Å². The molecule has 1 aliphatic rings. The first-order valence-corrected chi connectivity index (χ1v) is 8.60. The van der Waals surface area contributed by atoms with Crippen LogP contribution in [0.25, 0.3) is 10.9 Å². The molecule has 3 aromatic rings. The van der Waals surface area contributed by atoms with Gasteiger partial charge in [0.05, 0.1) is 18.2 Å². The molecule has 1 fully saturated rings. The number of hydrogen-bond donors (Lipinski definition) is 1. The van der Waals surface area contributed by atoms with E-state index in [1.807, 2.05) is 24.3 Å². The molecule has 0 aliphatic carbocycles. The van der Waals surface area contributed by atoms with Crippen molar-refractivity contribution in [3.63, 3.8) is 0 Å². The lowest BCUT2D eigenvalue weighted by atomic mass is 10.2. The minimum Gasteiger partial charge on any atom is -0.494 e. The van der Waals surface area contributed by atoms with Gasteiger partial charge in [-0.15, -0.1) is 0 Å². The minimum absolute atomic E-state index is 0.0864. The van der Waals surface area contributed by atoms with Crippen LogP contribution < -0.4 is 4.74 Å². The second kappa shape index (κ2) is 6.90. The van der Waals surface area contributed by atoms with Gasteiger partial charge in [-0.05, 0) is 30.5 Å². The highest BCUT2D eigenvalue weighted by Crippen LogP contribution is 2.33. The van der Waals surface area contributed by atoms with Crippen molar-refractivity contribution >= 4 is 22.5 Å². The van der Waals surface area contributed by atoms with Gasteiger partial charge < -0.3 is 19.1 Å². The number of rotatable bonds is 5. The smallest absolute Gasteiger partial charge is 0.230 e. The summed E-state index contributed by atoms with van der Waals surface area (Å²) in [5.74, 6) is 0.473. The van der Waals surface area contributed by atoms with E-state index in [1.54, 1.807) is 10.8 Å². The molecule has 0 saturated carbocycles. The van der Waals surface area contributed by atoms with E-state index in [-0.39, 0.29) is 12.0 Å². The minimum atomic E-state index is 0.0864. The molecule has 0 bridgehead atoms. The third-order valence-corrected chi connectivity index (χ3v) is 4.56. The topological polar surface area (TPSA) is 69.4 Å². The van der Waals surface area contributed by atoms with Gasteiger partial charge in [0, 0.05) is 17.8 Å². The van der Waals surface area contributed by atoms with Crippen LogP contribution in [0.2, 0.25) is 5.02 Å². The summed E-state index contributed by atoms with van der Waals surface area (Å²) in [5, 5.41) is 11.8. The number of ether oxygens (including phenoxy) is 2. The number of benzene rings is 1. The zero-order valence-corrected chi connectivity index (χ0v) is 14.3. The summed E-state index contributed by atoms with van der Waals surface area (Å²) in [4.78, 5) is 8.42. The molecular weight excluding hydrogens is 342 g/mol. The molecule has 0 amide bonds. The SMILES string of the molecule is Oc1c2c(OCC3CCCO3)ncnc2cn1Cc1ccc(Cl)cc1. The van der Waals surface area contributed by atoms with Crippen molar-refractivity contribution in [2.24, 2.45) is 0 Å². The molecule has 1 N–H and O–H groups in total. The number of aromatic hydroxyl groups is 1. The molecule has 2 aromatic heterocycles. The van der Waals surface area contributed by atoms with Crippen LogP contribution in [-0.4, -0.2) is 39.0 Å². The predicted molar refractivity (Wildman–Crippen MR) is 94.2 cm³/mol. The summed E-state index contributed by atoms with van der Waals surface area (Å²) in [7, 11) is 0. The molecule has 25 heavy (non-hydrogen) atoms. The molecule has 6 nitrogen and oxygen atoms in total. The summed E-state index contributed by atoms with van der Waals surface area (Å²) < 4.78 is 13.1. The number of nitrogens with zero attached hydrogens (tertiary/aromatic N) is 3. The Labute approximate surface area is 150 Å². The molecule has 1 atom stereocenters. The van der Waals surface area contributed by atoms with Crippen molar-refractivity contribution in [3.8, 4) is 11.8 Å². The maximum absolute atomic E-state index is 10.6. The van der Waals surface area contributed by atoms with Crippen molar-refractivity contribution < 1.29 is 14.6 Å². The third-order valence-electron chi connectivity index (χ3n) is 4.31. The van der Waals surface area contributed by atoms with Crippen molar-refractivity contribution in [1.29, 1.82) is 0 Å².